The lowest BCUT2D eigenvalue weighted by Crippen LogP contribution is -2.28. The highest BCUT2D eigenvalue weighted by Gasteiger charge is 2.16. The fourth-order valence-electron chi connectivity index (χ4n) is 1.71. The van der Waals surface area contributed by atoms with Crippen molar-refractivity contribution >= 4 is 34.5 Å². The largest absolute Gasteiger partial charge is 0.477 e. The second-order valence-electron chi connectivity index (χ2n) is 4.46. The van der Waals surface area contributed by atoms with Crippen molar-refractivity contribution < 1.29 is 14.5 Å². The van der Waals surface area contributed by atoms with Crippen LogP contribution in [0.5, 0.6) is 5.75 Å². The number of hydrogen-bond donors (Lipinski definition) is 1. The molecule has 22 heavy (non-hydrogen) atoms. The Balaban J connectivity index is 1.91. The summed E-state index contributed by atoms with van der Waals surface area (Å²) in [4.78, 5) is 23.1. The van der Waals surface area contributed by atoms with Gasteiger partial charge in [-0.05, 0) is 36.1 Å². The maximum absolute atomic E-state index is 11.7. The number of halogens is 1. The Labute approximate surface area is 135 Å². The van der Waals surface area contributed by atoms with Crippen molar-refractivity contribution in [3.63, 3.8) is 0 Å². The molecule has 116 valence electrons. The highest BCUT2D eigenvalue weighted by Crippen LogP contribution is 2.29. The van der Waals surface area contributed by atoms with E-state index < -0.39 is 4.92 Å². The molecule has 1 aromatic heterocycles. The predicted octanol–water partition coefficient (Wildman–Crippen LogP) is 3.31. The number of rotatable bonds is 6. The molecule has 0 aliphatic carbocycles. The van der Waals surface area contributed by atoms with Gasteiger partial charge in [-0.15, -0.1) is 11.3 Å². The summed E-state index contributed by atoms with van der Waals surface area (Å²) < 4.78 is 5.21. The maximum atomic E-state index is 11.7. The molecule has 0 radical (unpaired) electrons. The van der Waals surface area contributed by atoms with Crippen LogP contribution < -0.4 is 10.1 Å². The lowest BCUT2D eigenvalue weighted by Gasteiger charge is -2.08. The summed E-state index contributed by atoms with van der Waals surface area (Å²) in [6, 6.07) is 6.00. The first-order valence-electron chi connectivity index (χ1n) is 6.34. The Kier molecular flexibility index (Phi) is 5.35. The minimum atomic E-state index is -0.603. The van der Waals surface area contributed by atoms with Gasteiger partial charge in [-0.1, -0.05) is 11.6 Å². The highest BCUT2D eigenvalue weighted by atomic mass is 35.5. The van der Waals surface area contributed by atoms with Crippen molar-refractivity contribution in [2.45, 2.75) is 13.5 Å². The number of ether oxygens (including phenoxy) is 1. The summed E-state index contributed by atoms with van der Waals surface area (Å²) in [5, 5.41) is 15.8. The van der Waals surface area contributed by atoms with Crippen LogP contribution in [0.3, 0.4) is 0 Å². The zero-order chi connectivity index (χ0) is 16.1. The van der Waals surface area contributed by atoms with Gasteiger partial charge in [-0.3, -0.25) is 14.9 Å². The van der Waals surface area contributed by atoms with E-state index in [1.165, 1.54) is 18.2 Å². The third-order valence-corrected chi connectivity index (χ3v) is 4.15. The van der Waals surface area contributed by atoms with Gasteiger partial charge in [0.1, 0.15) is 0 Å². The zero-order valence-corrected chi connectivity index (χ0v) is 13.2. The lowest BCUT2D eigenvalue weighted by molar-refractivity contribution is -0.385. The second-order valence-corrected chi connectivity index (χ2v) is 5.90. The molecule has 0 aliphatic rings. The Morgan fingerprint density at radius 1 is 1.45 bits per heavy atom. The number of nitro benzene ring substituents is 1. The van der Waals surface area contributed by atoms with Crippen LogP contribution in [0, 0.1) is 17.0 Å². The second kappa shape index (κ2) is 7.24. The van der Waals surface area contributed by atoms with E-state index >= 15 is 0 Å². The molecule has 0 atom stereocenters. The van der Waals surface area contributed by atoms with Gasteiger partial charge in [0.2, 0.25) is 0 Å². The standard InChI is InChI=1S/C14H13ClN2O4S/c1-9-4-5-22-13(9)7-16-14(18)8-21-12-3-2-10(15)6-11(12)17(19)20/h2-6H,7-8H2,1H3,(H,16,18). The Morgan fingerprint density at radius 3 is 2.86 bits per heavy atom. The van der Waals surface area contributed by atoms with Gasteiger partial charge in [0, 0.05) is 16.0 Å². The normalized spacial score (nSPS) is 10.3. The number of nitrogens with one attached hydrogen (secondary N) is 1. The van der Waals surface area contributed by atoms with Crippen molar-refractivity contribution in [1.29, 1.82) is 0 Å². The van der Waals surface area contributed by atoms with E-state index in [1.54, 1.807) is 11.3 Å². The summed E-state index contributed by atoms with van der Waals surface area (Å²) in [6.07, 6.45) is 0. The number of thiophene rings is 1. The van der Waals surface area contributed by atoms with Gasteiger partial charge in [0.05, 0.1) is 11.5 Å². The molecule has 0 spiro atoms. The SMILES string of the molecule is Cc1ccsc1CNC(=O)COc1ccc(Cl)cc1[N+](=O)[O-]. The number of nitrogens with zero attached hydrogens (tertiary/aromatic N) is 1. The number of benzene rings is 1. The van der Waals surface area contributed by atoms with Crippen LogP contribution in [0.4, 0.5) is 5.69 Å². The number of hydrogen-bond acceptors (Lipinski definition) is 5. The summed E-state index contributed by atoms with van der Waals surface area (Å²) in [5.74, 6) is -0.339. The first kappa shape index (κ1) is 16.3. The van der Waals surface area contributed by atoms with Crippen LogP contribution in [0.15, 0.2) is 29.6 Å². The first-order chi connectivity index (χ1) is 10.5. The average molecular weight is 341 g/mol. The average Bonchev–Trinajstić information content (AvgIpc) is 2.89. The van der Waals surface area contributed by atoms with Gasteiger partial charge >= 0.3 is 5.69 Å². The van der Waals surface area contributed by atoms with Crippen molar-refractivity contribution in [2.75, 3.05) is 6.61 Å². The topological polar surface area (TPSA) is 81.5 Å². The molecule has 8 heteroatoms. The third kappa shape index (κ3) is 4.19. The molecule has 1 amide bonds. The first-order valence-corrected chi connectivity index (χ1v) is 7.59. The summed E-state index contributed by atoms with van der Waals surface area (Å²) in [6.45, 7) is 2.08. The lowest BCUT2D eigenvalue weighted by atomic mass is 10.3. The van der Waals surface area contributed by atoms with Crippen molar-refractivity contribution in [3.05, 3.63) is 55.2 Å². The van der Waals surface area contributed by atoms with Gasteiger partial charge in [0.25, 0.3) is 5.91 Å². The molecule has 1 heterocycles. The van der Waals surface area contributed by atoms with Crippen LogP contribution >= 0.6 is 22.9 Å². The molecule has 0 aliphatic heterocycles. The molecule has 0 bridgehead atoms. The van der Waals surface area contributed by atoms with E-state index in [1.807, 2.05) is 18.4 Å². The molecule has 0 unspecified atom stereocenters. The number of carbonyl (C=O) groups excluding carboxylic acids is 1. The Hall–Kier alpha value is -2.12. The van der Waals surface area contributed by atoms with E-state index in [2.05, 4.69) is 5.32 Å². The molecule has 0 fully saturated rings. The summed E-state index contributed by atoms with van der Waals surface area (Å²) in [7, 11) is 0. The maximum Gasteiger partial charge on any atom is 0.312 e. The molecule has 6 nitrogen and oxygen atoms in total. The third-order valence-electron chi connectivity index (χ3n) is 2.89. The number of aryl methyl sites for hydroxylation is 1. The molecule has 2 rings (SSSR count). The van der Waals surface area contributed by atoms with E-state index in [0.29, 0.717) is 6.54 Å². The minimum absolute atomic E-state index is 0.0110. The Bertz CT molecular complexity index is 702. The molecule has 2 aromatic rings. The number of amides is 1. The minimum Gasteiger partial charge on any atom is -0.477 e. The van der Waals surface area contributed by atoms with E-state index in [9.17, 15) is 14.9 Å². The summed E-state index contributed by atoms with van der Waals surface area (Å²) in [5.41, 5.74) is 0.842. The predicted molar refractivity (Wildman–Crippen MR) is 84.5 cm³/mol. The molecule has 0 saturated heterocycles. The van der Waals surface area contributed by atoms with Crippen molar-refractivity contribution in [2.24, 2.45) is 0 Å². The molecule has 1 aromatic carbocycles. The molecule has 0 saturated carbocycles. The fourth-order valence-corrected chi connectivity index (χ4v) is 2.73. The van der Waals surface area contributed by atoms with Gasteiger partial charge in [0.15, 0.2) is 12.4 Å². The van der Waals surface area contributed by atoms with E-state index in [-0.39, 0.29) is 29.0 Å². The molecular weight excluding hydrogens is 328 g/mol. The van der Waals surface area contributed by atoms with Crippen LogP contribution in [-0.4, -0.2) is 17.4 Å². The van der Waals surface area contributed by atoms with Gasteiger partial charge in [-0.2, -0.15) is 0 Å². The number of nitro groups is 1. The quantitative estimate of drug-likeness (QED) is 0.646. The smallest absolute Gasteiger partial charge is 0.312 e. The molecule has 1 N–H and O–H groups in total. The Morgan fingerprint density at radius 2 is 2.23 bits per heavy atom. The van der Waals surface area contributed by atoms with Crippen LogP contribution in [0.2, 0.25) is 5.02 Å². The zero-order valence-electron chi connectivity index (χ0n) is 11.7. The summed E-state index contributed by atoms with van der Waals surface area (Å²) >= 11 is 7.26. The van der Waals surface area contributed by atoms with Crippen LogP contribution in [0.25, 0.3) is 0 Å². The highest BCUT2D eigenvalue weighted by molar-refractivity contribution is 7.10. The van der Waals surface area contributed by atoms with E-state index in [4.69, 9.17) is 16.3 Å². The van der Waals surface area contributed by atoms with Crippen molar-refractivity contribution in [1.82, 2.24) is 5.32 Å². The molecular formula is C14H13ClN2O4S. The number of carbonyl (C=O) groups is 1. The monoisotopic (exact) mass is 340 g/mol. The van der Waals surface area contributed by atoms with Crippen molar-refractivity contribution in [3.8, 4) is 5.75 Å². The van der Waals surface area contributed by atoms with Crippen LogP contribution in [0.1, 0.15) is 10.4 Å². The van der Waals surface area contributed by atoms with Gasteiger partial charge in [-0.25, -0.2) is 0 Å². The van der Waals surface area contributed by atoms with E-state index in [0.717, 1.165) is 10.4 Å². The fraction of sp³-hybridized carbons (Fsp3) is 0.214. The van der Waals surface area contributed by atoms with Crippen LogP contribution in [-0.2, 0) is 11.3 Å². The van der Waals surface area contributed by atoms with Gasteiger partial charge < -0.3 is 10.1 Å².